The highest BCUT2D eigenvalue weighted by Crippen LogP contribution is 2.38. The number of rotatable bonds is 4. The van der Waals surface area contributed by atoms with E-state index in [0.717, 1.165) is 31.2 Å². The number of aromatic nitrogens is 2. The van der Waals surface area contributed by atoms with Crippen molar-refractivity contribution in [2.75, 3.05) is 11.9 Å². The van der Waals surface area contributed by atoms with Crippen LogP contribution in [0.1, 0.15) is 50.3 Å². The van der Waals surface area contributed by atoms with Crippen LogP contribution >= 0.6 is 0 Å². The summed E-state index contributed by atoms with van der Waals surface area (Å²) >= 11 is 0. The fraction of sp³-hybridized carbons (Fsp3) is 0.688. The first-order valence-electron chi connectivity index (χ1n) is 8.29. The van der Waals surface area contributed by atoms with Gasteiger partial charge in [-0.15, -0.1) is 0 Å². The Morgan fingerprint density at radius 1 is 1.14 bits per heavy atom. The van der Waals surface area contributed by atoms with E-state index < -0.39 is 0 Å². The Morgan fingerprint density at radius 2 is 1.91 bits per heavy atom. The number of anilines is 1. The molecule has 1 aromatic rings. The molecule has 2 amide bonds. The van der Waals surface area contributed by atoms with Crippen molar-refractivity contribution in [1.29, 1.82) is 0 Å². The maximum atomic E-state index is 12.1. The summed E-state index contributed by atoms with van der Waals surface area (Å²) in [4.78, 5) is 20.7. The molecule has 6 nitrogen and oxygen atoms in total. The minimum atomic E-state index is -0.177. The van der Waals surface area contributed by atoms with Gasteiger partial charge in [0.15, 0.2) is 0 Å². The molecule has 1 saturated heterocycles. The maximum absolute atomic E-state index is 12.1. The van der Waals surface area contributed by atoms with Gasteiger partial charge < -0.3 is 15.4 Å². The van der Waals surface area contributed by atoms with Gasteiger partial charge in [-0.25, -0.2) is 14.8 Å². The number of amides is 2. The highest BCUT2D eigenvalue weighted by Gasteiger charge is 2.36. The largest absolute Gasteiger partial charge is 0.378 e. The van der Waals surface area contributed by atoms with Crippen LogP contribution in [0.15, 0.2) is 12.4 Å². The molecular weight excluding hydrogens is 280 g/mol. The van der Waals surface area contributed by atoms with Crippen molar-refractivity contribution in [3.63, 3.8) is 0 Å². The van der Waals surface area contributed by atoms with Gasteiger partial charge in [0.1, 0.15) is 5.82 Å². The average molecular weight is 302 g/mol. The summed E-state index contributed by atoms with van der Waals surface area (Å²) in [5.41, 5.74) is 0.646. The van der Waals surface area contributed by atoms with Gasteiger partial charge in [-0.05, 0) is 44.4 Å². The van der Waals surface area contributed by atoms with Crippen LogP contribution in [-0.2, 0) is 4.74 Å². The van der Waals surface area contributed by atoms with Gasteiger partial charge >= 0.3 is 6.03 Å². The number of nitrogens with one attached hydrogen (secondary N) is 2. The Balaban J connectivity index is 1.28. The van der Waals surface area contributed by atoms with Crippen LogP contribution in [0.5, 0.6) is 0 Å². The van der Waals surface area contributed by atoms with E-state index in [-0.39, 0.29) is 12.1 Å². The van der Waals surface area contributed by atoms with Crippen molar-refractivity contribution >= 4 is 11.7 Å². The van der Waals surface area contributed by atoms with Crippen LogP contribution in [0.3, 0.4) is 0 Å². The third kappa shape index (κ3) is 3.38. The van der Waals surface area contributed by atoms with E-state index in [1.54, 1.807) is 12.4 Å². The molecule has 2 saturated carbocycles. The first-order valence-corrected chi connectivity index (χ1v) is 8.29. The minimum absolute atomic E-state index is 0.177. The van der Waals surface area contributed by atoms with Gasteiger partial charge in [-0.3, -0.25) is 0 Å². The third-order valence-electron chi connectivity index (χ3n) is 4.67. The number of hydrogen-bond acceptors (Lipinski definition) is 4. The summed E-state index contributed by atoms with van der Waals surface area (Å²) in [6, 6.07) is 0.0234. The molecular formula is C16H22N4O2. The second kappa shape index (κ2) is 5.83. The van der Waals surface area contributed by atoms with Crippen molar-refractivity contribution < 1.29 is 9.53 Å². The number of nitrogens with zero attached hydrogens (tertiary/aromatic N) is 2. The number of carbonyl (C=O) groups is 1. The van der Waals surface area contributed by atoms with Crippen molar-refractivity contribution in [3.05, 3.63) is 18.2 Å². The highest BCUT2D eigenvalue weighted by atomic mass is 16.5. The molecule has 6 heteroatoms. The first-order chi connectivity index (χ1) is 10.8. The topological polar surface area (TPSA) is 76.1 Å². The molecule has 2 heterocycles. The van der Waals surface area contributed by atoms with E-state index in [1.807, 2.05) is 0 Å². The highest BCUT2D eigenvalue weighted by molar-refractivity contribution is 5.89. The van der Waals surface area contributed by atoms with Gasteiger partial charge in [0, 0.05) is 18.6 Å². The van der Waals surface area contributed by atoms with Crippen molar-refractivity contribution in [2.45, 2.75) is 56.6 Å². The summed E-state index contributed by atoms with van der Waals surface area (Å²) in [5.74, 6) is 2.14. The summed E-state index contributed by atoms with van der Waals surface area (Å²) in [6.45, 7) is 0.741. The Kier molecular flexibility index (Phi) is 3.70. The quantitative estimate of drug-likeness (QED) is 0.895. The minimum Gasteiger partial charge on any atom is -0.378 e. The summed E-state index contributed by atoms with van der Waals surface area (Å²) < 4.78 is 5.78. The Hall–Kier alpha value is -1.69. The van der Waals surface area contributed by atoms with Crippen LogP contribution < -0.4 is 10.6 Å². The molecule has 3 aliphatic rings. The number of urea groups is 1. The average Bonchev–Trinajstić information content (AvgIpc) is 3.40. The first kappa shape index (κ1) is 13.9. The van der Waals surface area contributed by atoms with E-state index in [0.29, 0.717) is 17.7 Å². The van der Waals surface area contributed by atoms with Crippen LogP contribution in [-0.4, -0.2) is 34.8 Å². The lowest BCUT2D eigenvalue weighted by molar-refractivity contribution is -0.00889. The van der Waals surface area contributed by atoms with E-state index in [4.69, 9.17) is 4.74 Å². The van der Waals surface area contributed by atoms with Crippen molar-refractivity contribution in [3.8, 4) is 0 Å². The fourth-order valence-electron chi connectivity index (χ4n) is 3.06. The predicted molar refractivity (Wildman–Crippen MR) is 81.6 cm³/mol. The lowest BCUT2D eigenvalue weighted by atomic mass is 10.0. The molecule has 1 aromatic heterocycles. The Morgan fingerprint density at radius 3 is 2.59 bits per heavy atom. The molecule has 0 radical (unpaired) electrons. The molecule has 0 spiro atoms. The second-order valence-corrected chi connectivity index (χ2v) is 6.67. The Bertz CT molecular complexity index is 540. The smallest absolute Gasteiger partial charge is 0.319 e. The predicted octanol–water partition coefficient (Wildman–Crippen LogP) is 2.43. The molecule has 1 aliphatic heterocycles. The summed E-state index contributed by atoms with van der Waals surface area (Å²) in [5, 5.41) is 5.86. The van der Waals surface area contributed by atoms with Gasteiger partial charge in [-0.2, -0.15) is 0 Å². The van der Waals surface area contributed by atoms with E-state index in [1.165, 1.54) is 25.7 Å². The number of ether oxygens (including phenoxy) is 1. The zero-order valence-electron chi connectivity index (χ0n) is 12.6. The van der Waals surface area contributed by atoms with Crippen molar-refractivity contribution in [1.82, 2.24) is 15.3 Å². The van der Waals surface area contributed by atoms with Crippen LogP contribution in [0.2, 0.25) is 0 Å². The monoisotopic (exact) mass is 302 g/mol. The normalized spacial score (nSPS) is 28.2. The van der Waals surface area contributed by atoms with Gasteiger partial charge in [0.25, 0.3) is 0 Å². The molecule has 2 aliphatic carbocycles. The summed E-state index contributed by atoms with van der Waals surface area (Å²) in [7, 11) is 0. The lowest BCUT2D eigenvalue weighted by Gasteiger charge is -2.30. The molecule has 22 heavy (non-hydrogen) atoms. The standard InChI is InChI=1S/C16H22N4O2/c21-16(19-12-5-6-22-14(7-12)10-1-2-10)20-13-8-17-15(18-9-13)11-3-4-11/h8-12,14H,1-7H2,(H2,19,20,21). The van der Waals surface area contributed by atoms with Crippen LogP contribution in [0.25, 0.3) is 0 Å². The zero-order chi connectivity index (χ0) is 14.9. The summed E-state index contributed by atoms with van der Waals surface area (Å²) in [6.07, 6.45) is 10.4. The van der Waals surface area contributed by atoms with Crippen molar-refractivity contribution in [2.24, 2.45) is 5.92 Å². The SMILES string of the molecule is O=C(Nc1cnc(C2CC2)nc1)NC1CCOC(C2CC2)C1. The number of carbonyl (C=O) groups excluding carboxylic acids is 1. The molecule has 2 unspecified atom stereocenters. The second-order valence-electron chi connectivity index (χ2n) is 6.67. The van der Waals surface area contributed by atoms with E-state index in [9.17, 15) is 4.79 Å². The molecule has 0 aromatic carbocycles. The maximum Gasteiger partial charge on any atom is 0.319 e. The fourth-order valence-corrected chi connectivity index (χ4v) is 3.06. The van der Waals surface area contributed by atoms with Gasteiger partial charge in [0.2, 0.25) is 0 Å². The molecule has 118 valence electrons. The third-order valence-corrected chi connectivity index (χ3v) is 4.67. The van der Waals surface area contributed by atoms with Crippen LogP contribution in [0, 0.1) is 5.92 Å². The molecule has 0 bridgehead atoms. The molecule has 4 rings (SSSR count). The van der Waals surface area contributed by atoms with Crippen LogP contribution in [0.4, 0.5) is 10.5 Å². The molecule has 2 N–H and O–H groups in total. The zero-order valence-corrected chi connectivity index (χ0v) is 12.6. The van der Waals surface area contributed by atoms with E-state index >= 15 is 0 Å². The lowest BCUT2D eigenvalue weighted by Crippen LogP contribution is -2.44. The molecule has 2 atom stereocenters. The van der Waals surface area contributed by atoms with Gasteiger partial charge in [0.05, 0.1) is 24.2 Å². The Labute approximate surface area is 130 Å². The van der Waals surface area contributed by atoms with E-state index in [2.05, 4.69) is 20.6 Å². The number of hydrogen-bond donors (Lipinski definition) is 2. The van der Waals surface area contributed by atoms with Gasteiger partial charge in [-0.1, -0.05) is 0 Å². The molecule has 3 fully saturated rings.